The molecule has 21 heavy (non-hydrogen) atoms. The molecule has 4 nitrogen and oxygen atoms in total. The van der Waals surface area contributed by atoms with Gasteiger partial charge in [-0.2, -0.15) is 0 Å². The lowest BCUT2D eigenvalue weighted by Crippen LogP contribution is -2.58. The molecule has 0 saturated heterocycles. The summed E-state index contributed by atoms with van der Waals surface area (Å²) in [5, 5.41) is 17.8. The molecule has 6 heteroatoms. The Labute approximate surface area is 132 Å². The van der Waals surface area contributed by atoms with E-state index in [9.17, 15) is 9.90 Å². The molecular weight excluding hydrogens is 304 g/mol. The van der Waals surface area contributed by atoms with Gasteiger partial charge in [0.25, 0.3) is 0 Å². The van der Waals surface area contributed by atoms with E-state index in [2.05, 4.69) is 10.3 Å². The van der Waals surface area contributed by atoms with Crippen molar-refractivity contribution >= 4 is 28.6 Å². The molecule has 0 saturated carbocycles. The summed E-state index contributed by atoms with van der Waals surface area (Å²) >= 11 is 3.18. The number of aromatic nitrogens is 1. The van der Waals surface area contributed by atoms with E-state index in [0.717, 1.165) is 15.6 Å². The van der Waals surface area contributed by atoms with Crippen molar-refractivity contribution in [1.82, 2.24) is 10.3 Å². The number of rotatable bonds is 5. The Balaban J connectivity index is 2.01. The van der Waals surface area contributed by atoms with Gasteiger partial charge in [0.1, 0.15) is 5.01 Å². The predicted octanol–water partition coefficient (Wildman–Crippen LogP) is 3.08. The fourth-order valence-corrected chi connectivity index (χ4v) is 3.25. The zero-order chi connectivity index (χ0) is 15.7. The van der Waals surface area contributed by atoms with Gasteiger partial charge < -0.3 is 10.4 Å². The van der Waals surface area contributed by atoms with Crippen LogP contribution in [0.1, 0.15) is 33.4 Å². The van der Waals surface area contributed by atoms with Crippen molar-refractivity contribution in [3.8, 4) is 9.88 Å². The summed E-state index contributed by atoms with van der Waals surface area (Å²) in [6, 6.07) is 4.00. The largest absolute Gasteiger partial charge is 0.388 e. The maximum atomic E-state index is 12.1. The summed E-state index contributed by atoms with van der Waals surface area (Å²) in [6.45, 7) is 6.99. The molecule has 2 N–H and O–H groups in total. The number of hydrogen-bond donors (Lipinski definition) is 2. The molecule has 114 valence electrons. The van der Waals surface area contributed by atoms with E-state index in [1.165, 1.54) is 0 Å². The van der Waals surface area contributed by atoms with Crippen LogP contribution < -0.4 is 5.32 Å². The number of hydrogen-bond acceptors (Lipinski definition) is 5. The standard InChI is InChI=1S/C15H20N2O2S2/c1-14(2,15(3,4)19)17-12(18)8-10-9-21-13(16-10)11-6-5-7-20-11/h5-7,9,19H,8H2,1-4H3,(H,17,18). The van der Waals surface area contributed by atoms with E-state index in [0.29, 0.717) is 0 Å². The van der Waals surface area contributed by atoms with Gasteiger partial charge in [0.05, 0.1) is 28.1 Å². The van der Waals surface area contributed by atoms with E-state index < -0.39 is 11.1 Å². The van der Waals surface area contributed by atoms with Gasteiger partial charge in [-0.05, 0) is 39.1 Å². The van der Waals surface area contributed by atoms with Crippen molar-refractivity contribution in [2.24, 2.45) is 0 Å². The summed E-state index contributed by atoms with van der Waals surface area (Å²) < 4.78 is 0. The van der Waals surface area contributed by atoms with Gasteiger partial charge >= 0.3 is 0 Å². The minimum atomic E-state index is -0.993. The molecular formula is C15H20N2O2S2. The molecule has 2 aromatic heterocycles. The Morgan fingerprint density at radius 1 is 1.33 bits per heavy atom. The first-order chi connectivity index (χ1) is 9.69. The Bertz CT molecular complexity index is 610. The van der Waals surface area contributed by atoms with Crippen molar-refractivity contribution in [1.29, 1.82) is 0 Å². The lowest BCUT2D eigenvalue weighted by molar-refractivity contribution is -0.125. The van der Waals surface area contributed by atoms with Gasteiger partial charge in [-0.25, -0.2) is 4.98 Å². The lowest BCUT2D eigenvalue weighted by atomic mass is 9.86. The van der Waals surface area contributed by atoms with E-state index >= 15 is 0 Å². The molecule has 0 aliphatic heterocycles. The van der Waals surface area contributed by atoms with Crippen LogP contribution in [0.2, 0.25) is 0 Å². The molecule has 0 spiro atoms. The lowest BCUT2D eigenvalue weighted by Gasteiger charge is -2.37. The van der Waals surface area contributed by atoms with Crippen molar-refractivity contribution in [3.05, 3.63) is 28.6 Å². The molecule has 2 aromatic rings. The molecule has 0 atom stereocenters. The van der Waals surface area contributed by atoms with Crippen LogP contribution in [0.3, 0.4) is 0 Å². The first-order valence-corrected chi connectivity index (χ1v) is 8.47. The Hall–Kier alpha value is -1.24. The third-order valence-electron chi connectivity index (χ3n) is 3.61. The fourth-order valence-electron chi connectivity index (χ4n) is 1.61. The second-order valence-electron chi connectivity index (χ2n) is 6.03. The summed E-state index contributed by atoms with van der Waals surface area (Å²) in [7, 11) is 0. The molecule has 0 aliphatic carbocycles. The quantitative estimate of drug-likeness (QED) is 0.888. The number of aliphatic hydroxyl groups is 1. The molecule has 0 fully saturated rings. The zero-order valence-corrected chi connectivity index (χ0v) is 14.3. The highest BCUT2D eigenvalue weighted by Crippen LogP contribution is 2.28. The van der Waals surface area contributed by atoms with Crippen LogP contribution in [-0.4, -0.2) is 27.1 Å². The molecule has 2 heterocycles. The average molecular weight is 324 g/mol. The van der Waals surface area contributed by atoms with Crippen molar-refractivity contribution in [2.75, 3.05) is 0 Å². The predicted molar refractivity (Wildman–Crippen MR) is 87.7 cm³/mol. The molecule has 1 amide bonds. The number of carbonyl (C=O) groups excluding carboxylic acids is 1. The van der Waals surface area contributed by atoms with E-state index in [1.807, 2.05) is 36.7 Å². The first kappa shape index (κ1) is 16.1. The summed E-state index contributed by atoms with van der Waals surface area (Å²) in [4.78, 5) is 17.7. The number of nitrogens with zero attached hydrogens (tertiary/aromatic N) is 1. The smallest absolute Gasteiger partial charge is 0.226 e. The third-order valence-corrected chi connectivity index (χ3v) is 5.54. The number of thiophene rings is 1. The van der Waals surface area contributed by atoms with Gasteiger partial charge in [0.2, 0.25) is 5.91 Å². The summed E-state index contributed by atoms with van der Waals surface area (Å²) in [5.41, 5.74) is -0.934. The van der Waals surface area contributed by atoms with Crippen LogP contribution in [-0.2, 0) is 11.2 Å². The highest BCUT2D eigenvalue weighted by atomic mass is 32.1. The fraction of sp³-hybridized carbons (Fsp3) is 0.467. The van der Waals surface area contributed by atoms with Crippen LogP contribution >= 0.6 is 22.7 Å². The van der Waals surface area contributed by atoms with Gasteiger partial charge in [-0.15, -0.1) is 22.7 Å². The van der Waals surface area contributed by atoms with Crippen LogP contribution in [0.15, 0.2) is 22.9 Å². The number of amides is 1. The first-order valence-electron chi connectivity index (χ1n) is 6.71. The molecule has 0 unspecified atom stereocenters. The maximum Gasteiger partial charge on any atom is 0.226 e. The molecule has 0 bridgehead atoms. The minimum absolute atomic E-state index is 0.134. The van der Waals surface area contributed by atoms with Crippen molar-refractivity contribution in [3.63, 3.8) is 0 Å². The summed E-state index contributed by atoms with van der Waals surface area (Å²) in [6.07, 6.45) is 0.224. The van der Waals surface area contributed by atoms with E-state index in [-0.39, 0.29) is 12.3 Å². The highest BCUT2D eigenvalue weighted by Gasteiger charge is 2.36. The molecule has 0 radical (unpaired) electrons. The minimum Gasteiger partial charge on any atom is -0.388 e. The van der Waals surface area contributed by atoms with Gasteiger partial charge in [0, 0.05) is 5.38 Å². The van der Waals surface area contributed by atoms with Crippen LogP contribution in [0, 0.1) is 0 Å². The van der Waals surface area contributed by atoms with Crippen LogP contribution in [0.25, 0.3) is 9.88 Å². The number of carbonyl (C=O) groups is 1. The number of nitrogens with one attached hydrogen (secondary N) is 1. The Morgan fingerprint density at radius 3 is 2.62 bits per heavy atom. The highest BCUT2D eigenvalue weighted by molar-refractivity contribution is 7.20. The topological polar surface area (TPSA) is 62.2 Å². The maximum absolute atomic E-state index is 12.1. The Morgan fingerprint density at radius 2 is 2.05 bits per heavy atom. The second kappa shape index (κ2) is 5.87. The van der Waals surface area contributed by atoms with Crippen molar-refractivity contribution < 1.29 is 9.90 Å². The van der Waals surface area contributed by atoms with Crippen molar-refractivity contribution in [2.45, 2.75) is 45.3 Å². The third kappa shape index (κ3) is 3.90. The normalized spacial score (nSPS) is 12.4. The van der Waals surface area contributed by atoms with Crippen LogP contribution in [0.5, 0.6) is 0 Å². The van der Waals surface area contributed by atoms with Gasteiger partial charge in [-0.1, -0.05) is 6.07 Å². The van der Waals surface area contributed by atoms with E-state index in [1.54, 1.807) is 36.5 Å². The SMILES string of the molecule is CC(C)(O)C(C)(C)NC(=O)Cc1csc(-c2cccs2)n1. The van der Waals surface area contributed by atoms with Gasteiger partial charge in [-0.3, -0.25) is 4.79 Å². The zero-order valence-electron chi connectivity index (χ0n) is 12.6. The number of thiazole rings is 1. The van der Waals surface area contributed by atoms with E-state index in [4.69, 9.17) is 0 Å². The molecule has 0 aliphatic rings. The Kier molecular flexibility index (Phi) is 4.51. The monoisotopic (exact) mass is 324 g/mol. The molecule has 2 rings (SSSR count). The second-order valence-corrected chi connectivity index (χ2v) is 7.84. The van der Waals surface area contributed by atoms with Gasteiger partial charge in [0.15, 0.2) is 0 Å². The van der Waals surface area contributed by atoms with Crippen LogP contribution in [0.4, 0.5) is 0 Å². The molecule has 0 aromatic carbocycles. The summed E-state index contributed by atoms with van der Waals surface area (Å²) in [5.74, 6) is -0.134. The average Bonchev–Trinajstić information content (AvgIpc) is 2.95.